The lowest BCUT2D eigenvalue weighted by molar-refractivity contribution is 0.0697. The van der Waals surface area contributed by atoms with Gasteiger partial charge in [0.1, 0.15) is 0 Å². The van der Waals surface area contributed by atoms with E-state index in [0.717, 1.165) is 16.7 Å². The summed E-state index contributed by atoms with van der Waals surface area (Å²) in [4.78, 5) is 13.5. The minimum atomic E-state index is -0.881. The van der Waals surface area contributed by atoms with Crippen LogP contribution in [0.4, 0.5) is 5.69 Å². The summed E-state index contributed by atoms with van der Waals surface area (Å²) < 4.78 is 0.820. The summed E-state index contributed by atoms with van der Waals surface area (Å²) >= 11 is 3.41. The van der Waals surface area contributed by atoms with Crippen molar-refractivity contribution in [1.29, 1.82) is 0 Å². The Morgan fingerprint density at radius 2 is 2.00 bits per heavy atom. The van der Waals surface area contributed by atoms with Crippen LogP contribution in [0, 0.1) is 11.8 Å². The van der Waals surface area contributed by atoms with Gasteiger partial charge in [-0.1, -0.05) is 29.8 Å². The summed E-state index contributed by atoms with van der Waals surface area (Å²) in [6, 6.07) is 5.86. The van der Waals surface area contributed by atoms with E-state index in [1.54, 1.807) is 12.1 Å². The van der Waals surface area contributed by atoms with Crippen LogP contribution in [0.15, 0.2) is 22.7 Å². The number of halogens is 1. The molecule has 0 aromatic heterocycles. The molecule has 1 aliphatic rings. The molecule has 1 aliphatic heterocycles. The fraction of sp³-hybridized carbons (Fsp3) is 0.533. The van der Waals surface area contributed by atoms with E-state index < -0.39 is 5.97 Å². The van der Waals surface area contributed by atoms with Gasteiger partial charge in [-0.3, -0.25) is 0 Å². The molecule has 3 nitrogen and oxygen atoms in total. The molecule has 0 bridgehead atoms. The zero-order chi connectivity index (χ0) is 14.2. The third-order valence-electron chi connectivity index (χ3n) is 4.06. The maximum atomic E-state index is 11.2. The van der Waals surface area contributed by atoms with Crippen LogP contribution in [0.25, 0.3) is 0 Å². The molecule has 1 aromatic carbocycles. The Morgan fingerprint density at radius 3 is 2.63 bits per heavy atom. The maximum Gasteiger partial charge on any atom is 0.335 e. The van der Waals surface area contributed by atoms with Gasteiger partial charge in [0.25, 0.3) is 0 Å². The topological polar surface area (TPSA) is 40.5 Å². The Hall–Kier alpha value is -1.03. The molecule has 0 radical (unpaired) electrons. The van der Waals surface area contributed by atoms with Gasteiger partial charge in [0.15, 0.2) is 0 Å². The number of hydrogen-bond donors (Lipinski definition) is 1. The van der Waals surface area contributed by atoms with Crippen molar-refractivity contribution in [1.82, 2.24) is 0 Å². The van der Waals surface area contributed by atoms with Gasteiger partial charge in [0, 0.05) is 22.7 Å². The van der Waals surface area contributed by atoms with E-state index in [1.165, 1.54) is 6.42 Å². The zero-order valence-electron chi connectivity index (χ0n) is 11.6. The summed E-state index contributed by atoms with van der Waals surface area (Å²) in [5.41, 5.74) is 1.33. The van der Waals surface area contributed by atoms with Crippen LogP contribution < -0.4 is 4.90 Å². The molecule has 3 atom stereocenters. The number of nitrogens with zero attached hydrogens (tertiary/aromatic N) is 1. The molecule has 104 valence electrons. The van der Waals surface area contributed by atoms with E-state index in [4.69, 9.17) is 5.11 Å². The maximum absolute atomic E-state index is 11.2. The quantitative estimate of drug-likeness (QED) is 0.892. The third kappa shape index (κ3) is 3.11. The average molecular weight is 326 g/mol. The summed E-state index contributed by atoms with van der Waals surface area (Å²) in [5.74, 6) is 0.378. The average Bonchev–Trinajstić information content (AvgIpc) is 2.32. The molecular formula is C15H20BrNO2. The molecule has 19 heavy (non-hydrogen) atoms. The highest BCUT2D eigenvalue weighted by molar-refractivity contribution is 9.10. The zero-order valence-corrected chi connectivity index (χ0v) is 13.1. The van der Waals surface area contributed by atoms with Crippen LogP contribution in [0.2, 0.25) is 0 Å². The first-order valence-electron chi connectivity index (χ1n) is 6.69. The highest BCUT2D eigenvalue weighted by atomic mass is 79.9. The molecular weight excluding hydrogens is 306 g/mol. The first kappa shape index (κ1) is 14.4. The lowest BCUT2D eigenvalue weighted by Crippen LogP contribution is -2.45. The fourth-order valence-electron chi connectivity index (χ4n) is 2.92. The number of anilines is 1. The molecule has 1 saturated heterocycles. The molecule has 1 heterocycles. The molecule has 4 heteroatoms. The van der Waals surface area contributed by atoms with Gasteiger partial charge < -0.3 is 10.0 Å². The van der Waals surface area contributed by atoms with Gasteiger partial charge >= 0.3 is 5.97 Å². The SMILES string of the molecule is CC1CC(C)C(C)N(c2cc(Br)cc(C(=O)O)c2)C1. The van der Waals surface area contributed by atoms with Gasteiger partial charge in [0.05, 0.1) is 5.56 Å². The lowest BCUT2D eigenvalue weighted by Gasteiger charge is -2.42. The molecule has 2 rings (SSSR count). The van der Waals surface area contributed by atoms with Crippen molar-refractivity contribution in [2.24, 2.45) is 11.8 Å². The first-order valence-corrected chi connectivity index (χ1v) is 7.48. The molecule has 1 aromatic rings. The van der Waals surface area contributed by atoms with Crippen molar-refractivity contribution in [2.45, 2.75) is 33.2 Å². The second-order valence-electron chi connectivity index (χ2n) is 5.71. The van der Waals surface area contributed by atoms with E-state index >= 15 is 0 Å². The molecule has 0 amide bonds. The van der Waals surface area contributed by atoms with E-state index in [-0.39, 0.29) is 0 Å². The minimum absolute atomic E-state index is 0.336. The number of carboxylic acids is 1. The van der Waals surface area contributed by atoms with Gasteiger partial charge in [-0.15, -0.1) is 0 Å². The Balaban J connectivity index is 2.37. The number of hydrogen-bond acceptors (Lipinski definition) is 2. The Bertz CT molecular complexity index is 489. The molecule has 1 fully saturated rings. The van der Waals surface area contributed by atoms with E-state index in [9.17, 15) is 4.79 Å². The molecule has 0 aliphatic carbocycles. The standard InChI is InChI=1S/C15H20BrNO2/c1-9-4-10(2)11(3)17(8-9)14-6-12(15(18)19)5-13(16)7-14/h5-7,9-11H,4,8H2,1-3H3,(H,18,19). The van der Waals surface area contributed by atoms with Crippen LogP contribution >= 0.6 is 15.9 Å². The van der Waals surface area contributed by atoms with Crippen molar-refractivity contribution in [3.8, 4) is 0 Å². The van der Waals surface area contributed by atoms with Crippen molar-refractivity contribution < 1.29 is 9.90 Å². The number of carbonyl (C=O) groups is 1. The second kappa shape index (κ2) is 5.53. The highest BCUT2D eigenvalue weighted by Crippen LogP contribution is 2.33. The first-order chi connectivity index (χ1) is 8.88. The fourth-order valence-corrected chi connectivity index (χ4v) is 3.40. The smallest absolute Gasteiger partial charge is 0.335 e. The number of rotatable bonds is 2. The van der Waals surface area contributed by atoms with Gasteiger partial charge in [0.2, 0.25) is 0 Å². The highest BCUT2D eigenvalue weighted by Gasteiger charge is 2.29. The Morgan fingerprint density at radius 1 is 1.32 bits per heavy atom. The van der Waals surface area contributed by atoms with Crippen LogP contribution in [-0.4, -0.2) is 23.7 Å². The summed E-state index contributed by atoms with van der Waals surface area (Å²) in [5, 5.41) is 9.16. The summed E-state index contributed by atoms with van der Waals surface area (Å²) in [6.45, 7) is 7.73. The molecule has 1 N–H and O–H groups in total. The normalized spacial score (nSPS) is 27.4. The Kier molecular flexibility index (Phi) is 4.19. The van der Waals surface area contributed by atoms with E-state index in [0.29, 0.717) is 23.4 Å². The van der Waals surface area contributed by atoms with Gasteiger partial charge in [-0.2, -0.15) is 0 Å². The van der Waals surface area contributed by atoms with Crippen molar-refractivity contribution in [3.05, 3.63) is 28.2 Å². The summed E-state index contributed by atoms with van der Waals surface area (Å²) in [6.07, 6.45) is 1.23. The van der Waals surface area contributed by atoms with Crippen LogP contribution in [0.1, 0.15) is 37.6 Å². The molecule has 3 unspecified atom stereocenters. The minimum Gasteiger partial charge on any atom is -0.478 e. The number of piperidine rings is 1. The van der Waals surface area contributed by atoms with Crippen LogP contribution in [-0.2, 0) is 0 Å². The number of carboxylic acid groups (broad SMARTS) is 1. The van der Waals surface area contributed by atoms with Gasteiger partial charge in [-0.05, 0) is 43.4 Å². The van der Waals surface area contributed by atoms with Crippen molar-refractivity contribution in [3.63, 3.8) is 0 Å². The Labute approximate surface area is 122 Å². The predicted octanol–water partition coefficient (Wildman–Crippen LogP) is 4.02. The van der Waals surface area contributed by atoms with Crippen LogP contribution in [0.5, 0.6) is 0 Å². The summed E-state index contributed by atoms with van der Waals surface area (Å²) in [7, 11) is 0. The van der Waals surface area contributed by atoms with Crippen LogP contribution in [0.3, 0.4) is 0 Å². The largest absolute Gasteiger partial charge is 0.478 e. The monoisotopic (exact) mass is 325 g/mol. The molecule has 0 spiro atoms. The molecule has 0 saturated carbocycles. The van der Waals surface area contributed by atoms with Crippen molar-refractivity contribution >= 4 is 27.6 Å². The number of aromatic carboxylic acids is 1. The predicted molar refractivity (Wildman–Crippen MR) is 80.9 cm³/mol. The van der Waals surface area contributed by atoms with E-state index in [1.807, 2.05) is 6.07 Å². The van der Waals surface area contributed by atoms with Gasteiger partial charge in [-0.25, -0.2) is 4.79 Å². The second-order valence-corrected chi connectivity index (χ2v) is 6.63. The lowest BCUT2D eigenvalue weighted by atomic mass is 9.85. The number of benzene rings is 1. The third-order valence-corrected chi connectivity index (χ3v) is 4.52. The van der Waals surface area contributed by atoms with Crippen molar-refractivity contribution in [2.75, 3.05) is 11.4 Å². The van der Waals surface area contributed by atoms with E-state index in [2.05, 4.69) is 41.6 Å².